The average Bonchev–Trinajstić information content (AvgIpc) is 3.32. The lowest BCUT2D eigenvalue weighted by Gasteiger charge is -2.28. The molecule has 46 heavy (non-hydrogen) atoms. The van der Waals surface area contributed by atoms with Crippen LogP contribution in [0, 0.1) is 5.82 Å². The summed E-state index contributed by atoms with van der Waals surface area (Å²) < 4.78 is 17.0. The smallest absolute Gasteiger partial charge is 0.125 e. The fourth-order valence-corrected chi connectivity index (χ4v) is 8.27. The third kappa shape index (κ3) is 3.91. The highest BCUT2D eigenvalue weighted by atomic mass is 79.9. The Morgan fingerprint density at radius 3 is 2.04 bits per heavy atom. The molecule has 1 aliphatic rings. The zero-order valence-corrected chi connectivity index (χ0v) is 27.1. The lowest BCUT2D eigenvalue weighted by molar-refractivity contribution is 0.628. The van der Waals surface area contributed by atoms with Gasteiger partial charge in [0.1, 0.15) is 5.82 Å². The van der Waals surface area contributed by atoms with Gasteiger partial charge in [0, 0.05) is 26.6 Å². The minimum Gasteiger partial charge on any atom is -0.310 e. The molecule has 8 aromatic rings. The molecule has 1 aliphatic carbocycles. The largest absolute Gasteiger partial charge is 0.310 e. The van der Waals surface area contributed by atoms with Gasteiger partial charge < -0.3 is 4.90 Å². The van der Waals surface area contributed by atoms with Crippen molar-refractivity contribution >= 4 is 65.3 Å². The number of fused-ring (bicyclic) bond motifs is 3. The third-order valence-corrected chi connectivity index (χ3v) is 10.6. The maximum Gasteiger partial charge on any atom is 0.125 e. The first-order chi connectivity index (χ1) is 22.4. The molecule has 0 saturated heterocycles. The molecule has 0 radical (unpaired) electrons. The highest BCUT2D eigenvalue weighted by Crippen LogP contribution is 2.53. The van der Waals surface area contributed by atoms with Gasteiger partial charge in [-0.05, 0) is 103 Å². The molecule has 1 nitrogen and oxygen atoms in total. The summed E-state index contributed by atoms with van der Waals surface area (Å²) in [6, 6.07) is 48.3. The first kappa shape index (κ1) is 27.3. The predicted octanol–water partition coefficient (Wildman–Crippen LogP) is 12.9. The zero-order chi connectivity index (χ0) is 31.2. The van der Waals surface area contributed by atoms with Crippen molar-refractivity contribution in [1.82, 2.24) is 0 Å². The molecule has 0 N–H and O–H groups in total. The van der Waals surface area contributed by atoms with Gasteiger partial charge in [0.2, 0.25) is 0 Å². The molecule has 0 unspecified atom stereocenters. The molecule has 0 bridgehead atoms. The zero-order valence-electron chi connectivity index (χ0n) is 25.5. The van der Waals surface area contributed by atoms with Crippen molar-refractivity contribution in [3.8, 4) is 22.3 Å². The summed E-state index contributed by atoms with van der Waals surface area (Å²) >= 11 is 3.79. The van der Waals surface area contributed by atoms with Gasteiger partial charge in [-0.15, -0.1) is 0 Å². The van der Waals surface area contributed by atoms with Gasteiger partial charge in [0.15, 0.2) is 0 Å². The van der Waals surface area contributed by atoms with Crippen molar-refractivity contribution in [2.75, 3.05) is 4.90 Å². The molecule has 0 fully saturated rings. The molecule has 0 heterocycles. The quantitative estimate of drug-likeness (QED) is 0.170. The Kier molecular flexibility index (Phi) is 5.94. The topological polar surface area (TPSA) is 3.24 Å². The minimum atomic E-state index is -0.266. The fraction of sp³-hybridized carbons (Fsp3) is 0.0698. The van der Waals surface area contributed by atoms with E-state index in [9.17, 15) is 0 Å². The fourth-order valence-electron chi connectivity index (χ4n) is 7.80. The van der Waals surface area contributed by atoms with Gasteiger partial charge in [-0.1, -0.05) is 127 Å². The number of hydrogen-bond acceptors (Lipinski definition) is 1. The molecule has 3 heteroatoms. The lowest BCUT2D eigenvalue weighted by Crippen LogP contribution is -2.14. The number of halogens is 2. The van der Waals surface area contributed by atoms with Crippen LogP contribution < -0.4 is 4.90 Å². The number of anilines is 3. The second-order valence-electron chi connectivity index (χ2n) is 12.8. The second kappa shape index (κ2) is 10.0. The Balaban J connectivity index is 1.31. The number of rotatable bonds is 4. The van der Waals surface area contributed by atoms with Crippen LogP contribution in [0.4, 0.5) is 21.5 Å². The van der Waals surface area contributed by atoms with E-state index >= 15 is 4.39 Å². The predicted molar refractivity (Wildman–Crippen MR) is 195 cm³/mol. The van der Waals surface area contributed by atoms with Crippen LogP contribution in [0.1, 0.15) is 25.0 Å². The molecule has 220 valence electrons. The first-order valence-corrected chi connectivity index (χ1v) is 16.4. The second-order valence-corrected chi connectivity index (χ2v) is 13.7. The van der Waals surface area contributed by atoms with Gasteiger partial charge in [-0.2, -0.15) is 0 Å². The van der Waals surface area contributed by atoms with E-state index in [0.717, 1.165) is 38.0 Å². The lowest BCUT2D eigenvalue weighted by atomic mass is 9.82. The van der Waals surface area contributed by atoms with E-state index in [1.165, 1.54) is 49.2 Å². The van der Waals surface area contributed by atoms with Gasteiger partial charge in [-0.25, -0.2) is 4.39 Å². The number of nitrogens with zero attached hydrogens (tertiary/aromatic N) is 1. The van der Waals surface area contributed by atoms with Crippen molar-refractivity contribution in [3.05, 3.63) is 161 Å². The molecule has 0 saturated carbocycles. The molecule has 0 atom stereocenters. The van der Waals surface area contributed by atoms with E-state index in [0.29, 0.717) is 0 Å². The van der Waals surface area contributed by atoms with E-state index in [1.807, 2.05) is 18.2 Å². The van der Waals surface area contributed by atoms with Crippen LogP contribution in [0.2, 0.25) is 0 Å². The van der Waals surface area contributed by atoms with Crippen LogP contribution in [0.25, 0.3) is 54.6 Å². The third-order valence-electron chi connectivity index (χ3n) is 9.90. The normalized spacial score (nSPS) is 13.4. The molecule has 0 aliphatic heterocycles. The SMILES string of the molecule is CC1(C)c2ccccc2-c2c(-c3cc(F)cc(N(c4ccccc4)c4ccc5ccc6c(Br)ccc7ccc4c5c76)c3)cccc21. The van der Waals surface area contributed by atoms with Crippen molar-refractivity contribution in [3.63, 3.8) is 0 Å². The summed E-state index contributed by atoms with van der Waals surface area (Å²) in [5.74, 6) is -0.266. The number of para-hydroxylation sites is 1. The van der Waals surface area contributed by atoms with Crippen molar-refractivity contribution in [2.45, 2.75) is 19.3 Å². The number of benzene rings is 8. The number of hydrogen-bond donors (Lipinski definition) is 0. The Morgan fingerprint density at radius 2 is 1.22 bits per heavy atom. The minimum absolute atomic E-state index is 0.134. The standard InChI is InChI=1S/C43H29BrFN/c1-43(2)36-13-7-6-11-33(36)42-32(12-8-14-37(42)43)28-23-29(45)25-31(24-28)46(30-9-4-3-5-10-30)39-22-18-27-15-19-34-38(44)21-17-26-16-20-35(39)41(27)40(26)34/h3-25H,1-2H3. The summed E-state index contributed by atoms with van der Waals surface area (Å²) in [6.07, 6.45) is 0. The van der Waals surface area contributed by atoms with Gasteiger partial charge in [-0.3, -0.25) is 0 Å². The highest BCUT2D eigenvalue weighted by Gasteiger charge is 2.36. The molecule has 0 amide bonds. The van der Waals surface area contributed by atoms with Crippen LogP contribution in [0.3, 0.4) is 0 Å². The Hall–Kier alpha value is -4.99. The van der Waals surface area contributed by atoms with E-state index in [-0.39, 0.29) is 11.2 Å². The van der Waals surface area contributed by atoms with Gasteiger partial charge >= 0.3 is 0 Å². The van der Waals surface area contributed by atoms with Crippen LogP contribution in [0.15, 0.2) is 144 Å². The summed E-state index contributed by atoms with van der Waals surface area (Å²) in [7, 11) is 0. The Bertz CT molecular complexity index is 2480. The monoisotopic (exact) mass is 657 g/mol. The van der Waals surface area contributed by atoms with Crippen LogP contribution in [0.5, 0.6) is 0 Å². The van der Waals surface area contributed by atoms with Crippen molar-refractivity contribution in [1.29, 1.82) is 0 Å². The van der Waals surface area contributed by atoms with Crippen molar-refractivity contribution in [2.24, 2.45) is 0 Å². The van der Waals surface area contributed by atoms with E-state index in [1.54, 1.807) is 12.1 Å². The van der Waals surface area contributed by atoms with Crippen LogP contribution in [-0.2, 0) is 5.41 Å². The molecular formula is C43H29BrFN. The van der Waals surface area contributed by atoms with Gasteiger partial charge in [0.05, 0.1) is 5.69 Å². The van der Waals surface area contributed by atoms with E-state index in [4.69, 9.17) is 0 Å². The molecule has 8 aromatic carbocycles. The maximum atomic E-state index is 16.0. The van der Waals surface area contributed by atoms with Crippen LogP contribution in [-0.4, -0.2) is 0 Å². The molecule has 0 aromatic heterocycles. The van der Waals surface area contributed by atoms with E-state index in [2.05, 4.69) is 144 Å². The van der Waals surface area contributed by atoms with E-state index < -0.39 is 0 Å². The summed E-state index contributed by atoms with van der Waals surface area (Å²) in [5.41, 5.74) is 9.53. The van der Waals surface area contributed by atoms with Crippen molar-refractivity contribution < 1.29 is 4.39 Å². The maximum absolute atomic E-state index is 16.0. The Labute approximate surface area is 276 Å². The molecule has 0 spiro atoms. The summed E-state index contributed by atoms with van der Waals surface area (Å²) in [6.45, 7) is 4.56. The van der Waals surface area contributed by atoms with Gasteiger partial charge in [0.25, 0.3) is 0 Å². The Morgan fingerprint density at radius 1 is 0.565 bits per heavy atom. The molecule has 9 rings (SSSR count). The van der Waals surface area contributed by atoms with Crippen LogP contribution >= 0.6 is 15.9 Å². The molecular weight excluding hydrogens is 629 g/mol. The highest BCUT2D eigenvalue weighted by molar-refractivity contribution is 9.10. The summed E-state index contributed by atoms with van der Waals surface area (Å²) in [5, 5.41) is 7.15. The first-order valence-electron chi connectivity index (χ1n) is 15.7. The summed E-state index contributed by atoms with van der Waals surface area (Å²) in [4.78, 5) is 2.20. The average molecular weight is 659 g/mol.